The smallest absolute Gasteiger partial charge is 0.00105 e. The average Bonchev–Trinajstić information content (AvgIpc) is 2.15. The SMILES string of the molecule is CCC1CCC(CC[C@@H](C)N)CC1. The molecule has 0 bridgehead atoms. The van der Waals surface area contributed by atoms with Crippen LogP contribution in [0.3, 0.4) is 0 Å². The first kappa shape index (κ1) is 11.0. The van der Waals surface area contributed by atoms with Crippen molar-refractivity contribution in [2.24, 2.45) is 17.6 Å². The Morgan fingerprint density at radius 2 is 1.69 bits per heavy atom. The van der Waals surface area contributed by atoms with Crippen LogP contribution in [0.25, 0.3) is 0 Å². The third-order valence-electron chi connectivity index (χ3n) is 3.57. The van der Waals surface area contributed by atoms with Crippen molar-refractivity contribution in [2.45, 2.75) is 64.8 Å². The summed E-state index contributed by atoms with van der Waals surface area (Å²) < 4.78 is 0. The molecule has 0 heterocycles. The first-order valence-electron chi connectivity index (χ1n) is 5.98. The van der Waals surface area contributed by atoms with Crippen LogP contribution >= 0.6 is 0 Å². The lowest BCUT2D eigenvalue weighted by atomic mass is 9.79. The van der Waals surface area contributed by atoms with Gasteiger partial charge in [-0.25, -0.2) is 0 Å². The van der Waals surface area contributed by atoms with E-state index in [2.05, 4.69) is 13.8 Å². The zero-order chi connectivity index (χ0) is 9.68. The van der Waals surface area contributed by atoms with Crippen molar-refractivity contribution >= 4 is 0 Å². The standard InChI is InChI=1S/C12H25N/c1-3-11-6-8-12(9-7-11)5-4-10(2)13/h10-12H,3-9,13H2,1-2H3/t10-,11?,12?/m1/s1. The van der Waals surface area contributed by atoms with Crippen molar-refractivity contribution in [3.05, 3.63) is 0 Å². The highest BCUT2D eigenvalue weighted by molar-refractivity contribution is 4.72. The summed E-state index contributed by atoms with van der Waals surface area (Å²) >= 11 is 0. The van der Waals surface area contributed by atoms with Crippen LogP contribution in [0.1, 0.15) is 58.8 Å². The van der Waals surface area contributed by atoms with Crippen LogP contribution in [-0.2, 0) is 0 Å². The molecule has 13 heavy (non-hydrogen) atoms. The summed E-state index contributed by atoms with van der Waals surface area (Å²) in [6.07, 6.45) is 9.85. The number of hydrogen-bond acceptors (Lipinski definition) is 1. The Labute approximate surface area is 83.1 Å². The number of nitrogens with two attached hydrogens (primary N) is 1. The van der Waals surface area contributed by atoms with Crippen LogP contribution in [0.15, 0.2) is 0 Å². The van der Waals surface area contributed by atoms with Crippen molar-refractivity contribution in [1.29, 1.82) is 0 Å². The fourth-order valence-corrected chi connectivity index (χ4v) is 2.43. The monoisotopic (exact) mass is 183 g/mol. The minimum absolute atomic E-state index is 0.406. The maximum absolute atomic E-state index is 5.76. The minimum atomic E-state index is 0.406. The molecular formula is C12H25N. The molecule has 0 aromatic rings. The highest BCUT2D eigenvalue weighted by Gasteiger charge is 2.19. The molecule has 1 fully saturated rings. The maximum atomic E-state index is 5.76. The molecule has 1 rings (SSSR count). The summed E-state index contributed by atoms with van der Waals surface area (Å²) in [5.74, 6) is 2.03. The van der Waals surface area contributed by atoms with Gasteiger partial charge in [0.15, 0.2) is 0 Å². The van der Waals surface area contributed by atoms with E-state index in [-0.39, 0.29) is 0 Å². The maximum Gasteiger partial charge on any atom is 0.00105 e. The van der Waals surface area contributed by atoms with E-state index in [1.165, 1.54) is 44.9 Å². The molecule has 0 radical (unpaired) electrons. The third kappa shape index (κ3) is 4.12. The highest BCUT2D eigenvalue weighted by atomic mass is 14.6. The van der Waals surface area contributed by atoms with Gasteiger partial charge in [-0.2, -0.15) is 0 Å². The van der Waals surface area contributed by atoms with Crippen LogP contribution in [0, 0.1) is 11.8 Å². The molecule has 1 aliphatic rings. The Morgan fingerprint density at radius 3 is 2.15 bits per heavy atom. The van der Waals surface area contributed by atoms with Gasteiger partial charge in [0.1, 0.15) is 0 Å². The van der Waals surface area contributed by atoms with Gasteiger partial charge in [0, 0.05) is 6.04 Å². The van der Waals surface area contributed by atoms with Crippen molar-refractivity contribution < 1.29 is 0 Å². The zero-order valence-corrected chi connectivity index (χ0v) is 9.26. The van der Waals surface area contributed by atoms with Gasteiger partial charge in [-0.3, -0.25) is 0 Å². The van der Waals surface area contributed by atoms with Crippen molar-refractivity contribution in [3.63, 3.8) is 0 Å². The summed E-state index contributed by atoms with van der Waals surface area (Å²) in [6.45, 7) is 4.45. The van der Waals surface area contributed by atoms with Crippen molar-refractivity contribution in [3.8, 4) is 0 Å². The largest absolute Gasteiger partial charge is 0.328 e. The molecule has 1 saturated carbocycles. The topological polar surface area (TPSA) is 26.0 Å². The fraction of sp³-hybridized carbons (Fsp3) is 1.00. The van der Waals surface area contributed by atoms with E-state index in [1.807, 2.05) is 0 Å². The first-order chi connectivity index (χ1) is 6.22. The van der Waals surface area contributed by atoms with Gasteiger partial charge >= 0.3 is 0 Å². The molecule has 0 amide bonds. The van der Waals surface area contributed by atoms with Crippen LogP contribution in [0.2, 0.25) is 0 Å². The molecule has 1 heteroatoms. The third-order valence-corrected chi connectivity index (χ3v) is 3.57. The quantitative estimate of drug-likeness (QED) is 0.711. The van der Waals surface area contributed by atoms with Crippen LogP contribution in [0.4, 0.5) is 0 Å². The van der Waals surface area contributed by atoms with Gasteiger partial charge in [0.05, 0.1) is 0 Å². The second-order valence-electron chi connectivity index (χ2n) is 4.85. The molecule has 1 nitrogen and oxygen atoms in total. The fourth-order valence-electron chi connectivity index (χ4n) is 2.43. The van der Waals surface area contributed by atoms with Crippen LogP contribution in [-0.4, -0.2) is 6.04 Å². The van der Waals surface area contributed by atoms with Crippen molar-refractivity contribution in [1.82, 2.24) is 0 Å². The van der Waals surface area contributed by atoms with Gasteiger partial charge in [0.25, 0.3) is 0 Å². The van der Waals surface area contributed by atoms with E-state index in [1.54, 1.807) is 0 Å². The van der Waals surface area contributed by atoms with E-state index in [4.69, 9.17) is 5.73 Å². The molecule has 0 aliphatic heterocycles. The Kier molecular flexibility index (Phi) is 4.79. The predicted molar refractivity (Wildman–Crippen MR) is 58.6 cm³/mol. The first-order valence-corrected chi connectivity index (χ1v) is 5.98. The summed E-state index contributed by atoms with van der Waals surface area (Å²) in [5, 5.41) is 0. The molecule has 0 spiro atoms. The lowest BCUT2D eigenvalue weighted by Gasteiger charge is -2.28. The predicted octanol–water partition coefficient (Wildman–Crippen LogP) is 3.33. The zero-order valence-electron chi connectivity index (χ0n) is 9.26. The van der Waals surface area contributed by atoms with Gasteiger partial charge in [0.2, 0.25) is 0 Å². The molecule has 0 saturated heterocycles. The van der Waals surface area contributed by atoms with E-state index >= 15 is 0 Å². The molecular weight excluding hydrogens is 158 g/mol. The molecule has 0 aromatic heterocycles. The highest BCUT2D eigenvalue weighted by Crippen LogP contribution is 2.32. The van der Waals surface area contributed by atoms with E-state index in [0.29, 0.717) is 6.04 Å². The Hall–Kier alpha value is -0.0400. The Balaban J connectivity index is 2.10. The van der Waals surface area contributed by atoms with Crippen molar-refractivity contribution in [2.75, 3.05) is 0 Å². The van der Waals surface area contributed by atoms with E-state index < -0.39 is 0 Å². The molecule has 2 N–H and O–H groups in total. The van der Waals surface area contributed by atoms with Gasteiger partial charge in [-0.05, 0) is 31.6 Å². The van der Waals surface area contributed by atoms with Gasteiger partial charge < -0.3 is 5.73 Å². The summed E-state index contributed by atoms with van der Waals surface area (Å²) in [7, 11) is 0. The number of rotatable bonds is 4. The van der Waals surface area contributed by atoms with E-state index in [9.17, 15) is 0 Å². The normalized spacial score (nSPS) is 31.6. The molecule has 78 valence electrons. The van der Waals surface area contributed by atoms with E-state index in [0.717, 1.165) is 11.8 Å². The van der Waals surface area contributed by atoms with Crippen LogP contribution < -0.4 is 5.73 Å². The van der Waals surface area contributed by atoms with Gasteiger partial charge in [-0.1, -0.05) is 39.0 Å². The molecule has 1 atom stereocenters. The molecule has 1 aliphatic carbocycles. The lowest BCUT2D eigenvalue weighted by Crippen LogP contribution is -2.19. The molecule has 0 aromatic carbocycles. The average molecular weight is 183 g/mol. The van der Waals surface area contributed by atoms with Crippen LogP contribution in [0.5, 0.6) is 0 Å². The number of hydrogen-bond donors (Lipinski definition) is 1. The molecule has 0 unspecified atom stereocenters. The van der Waals surface area contributed by atoms with Gasteiger partial charge in [-0.15, -0.1) is 0 Å². The summed E-state index contributed by atoms with van der Waals surface area (Å²) in [4.78, 5) is 0. The minimum Gasteiger partial charge on any atom is -0.328 e. The summed E-state index contributed by atoms with van der Waals surface area (Å²) in [5.41, 5.74) is 5.76. The second-order valence-corrected chi connectivity index (χ2v) is 4.85. The lowest BCUT2D eigenvalue weighted by molar-refractivity contribution is 0.252. The Morgan fingerprint density at radius 1 is 1.15 bits per heavy atom. The second kappa shape index (κ2) is 5.64. The Bertz CT molecular complexity index is 123. The summed E-state index contributed by atoms with van der Waals surface area (Å²) in [6, 6.07) is 0.406.